The van der Waals surface area contributed by atoms with Crippen LogP contribution in [0.4, 0.5) is 14.5 Å². The molecule has 1 atom stereocenters. The molecule has 5 nitrogen and oxygen atoms in total. The molecule has 0 aliphatic heterocycles. The lowest BCUT2D eigenvalue weighted by molar-refractivity contribution is -0.139. The predicted octanol–water partition coefficient (Wildman–Crippen LogP) is 2.13. The minimum Gasteiger partial charge on any atom is -0.482 e. The Labute approximate surface area is 113 Å². The van der Waals surface area contributed by atoms with Gasteiger partial charge in [-0.1, -0.05) is 0 Å². The molecule has 2 rings (SSSR count). The number of anilines is 1. The standard InChI is InChI=1S/C13H13F2NO4/c1-12(7-13(12,14)15)11(19)16-8-2-4-9(5-3-8)20-6-10(17)18/h2-5H,6-7H2,1H3,(H,16,19)(H,17,18). The summed E-state index contributed by atoms with van der Waals surface area (Å²) >= 11 is 0. The molecule has 1 fully saturated rings. The molecule has 0 spiro atoms. The molecule has 0 radical (unpaired) electrons. The van der Waals surface area contributed by atoms with Crippen LogP contribution in [0.15, 0.2) is 24.3 Å². The normalized spacial score (nSPS) is 22.9. The number of halogens is 2. The summed E-state index contributed by atoms with van der Waals surface area (Å²) in [5.74, 6) is -4.48. The van der Waals surface area contributed by atoms with Crippen LogP contribution in [-0.4, -0.2) is 29.5 Å². The molecule has 2 N–H and O–H groups in total. The first kappa shape index (κ1) is 14.2. The zero-order valence-electron chi connectivity index (χ0n) is 10.7. The van der Waals surface area contributed by atoms with E-state index in [2.05, 4.69) is 5.32 Å². The van der Waals surface area contributed by atoms with Crippen molar-refractivity contribution in [3.05, 3.63) is 24.3 Å². The second-order valence-corrected chi connectivity index (χ2v) is 4.87. The number of carbonyl (C=O) groups excluding carboxylic acids is 1. The van der Waals surface area contributed by atoms with E-state index in [0.29, 0.717) is 11.4 Å². The maximum Gasteiger partial charge on any atom is 0.341 e. The molecule has 1 aliphatic carbocycles. The fraction of sp³-hybridized carbons (Fsp3) is 0.385. The van der Waals surface area contributed by atoms with Crippen LogP contribution in [0.25, 0.3) is 0 Å². The van der Waals surface area contributed by atoms with Crippen molar-refractivity contribution in [3.63, 3.8) is 0 Å². The highest BCUT2D eigenvalue weighted by Gasteiger charge is 2.72. The number of nitrogens with one attached hydrogen (secondary N) is 1. The van der Waals surface area contributed by atoms with E-state index in [1.165, 1.54) is 31.2 Å². The third-order valence-electron chi connectivity index (χ3n) is 3.23. The van der Waals surface area contributed by atoms with Crippen molar-refractivity contribution in [1.82, 2.24) is 0 Å². The van der Waals surface area contributed by atoms with Gasteiger partial charge < -0.3 is 15.2 Å². The first-order valence-corrected chi connectivity index (χ1v) is 5.88. The molecule has 1 aromatic rings. The Morgan fingerprint density at radius 3 is 2.35 bits per heavy atom. The Hall–Kier alpha value is -2.18. The summed E-state index contributed by atoms with van der Waals surface area (Å²) in [6, 6.07) is 5.82. The predicted molar refractivity (Wildman–Crippen MR) is 65.9 cm³/mol. The van der Waals surface area contributed by atoms with E-state index in [-0.39, 0.29) is 0 Å². The van der Waals surface area contributed by atoms with Crippen LogP contribution in [0.1, 0.15) is 13.3 Å². The van der Waals surface area contributed by atoms with Gasteiger partial charge in [0.1, 0.15) is 11.2 Å². The molecule has 20 heavy (non-hydrogen) atoms. The van der Waals surface area contributed by atoms with Gasteiger partial charge in [0.15, 0.2) is 6.61 Å². The molecule has 1 aliphatic rings. The number of aliphatic carboxylic acids is 1. The lowest BCUT2D eigenvalue weighted by Gasteiger charge is -2.11. The molecule has 108 valence electrons. The molecule has 7 heteroatoms. The van der Waals surface area contributed by atoms with Gasteiger partial charge in [0.05, 0.1) is 0 Å². The van der Waals surface area contributed by atoms with Crippen LogP contribution in [0.2, 0.25) is 0 Å². The minimum atomic E-state index is -2.96. The Morgan fingerprint density at radius 2 is 1.90 bits per heavy atom. The van der Waals surface area contributed by atoms with Gasteiger partial charge in [-0.05, 0) is 31.2 Å². The zero-order valence-corrected chi connectivity index (χ0v) is 10.7. The number of hydrogen-bond donors (Lipinski definition) is 2. The van der Waals surface area contributed by atoms with Crippen LogP contribution in [0.5, 0.6) is 5.75 Å². The number of alkyl halides is 2. The zero-order chi connectivity index (χ0) is 15.0. The maximum absolute atomic E-state index is 13.0. The van der Waals surface area contributed by atoms with E-state index in [1.54, 1.807) is 0 Å². The Balaban J connectivity index is 1.94. The van der Waals surface area contributed by atoms with Crippen molar-refractivity contribution >= 4 is 17.6 Å². The average Bonchev–Trinajstić information content (AvgIpc) is 2.89. The average molecular weight is 285 g/mol. The molecular formula is C13H13F2NO4. The quantitative estimate of drug-likeness (QED) is 0.869. The van der Waals surface area contributed by atoms with Crippen LogP contribution >= 0.6 is 0 Å². The van der Waals surface area contributed by atoms with E-state index < -0.39 is 36.2 Å². The highest BCUT2D eigenvalue weighted by Crippen LogP contribution is 2.60. The van der Waals surface area contributed by atoms with E-state index in [0.717, 1.165) is 0 Å². The number of carboxylic acids is 1. The summed E-state index contributed by atoms with van der Waals surface area (Å²) in [5.41, 5.74) is -1.30. The fourth-order valence-electron chi connectivity index (χ4n) is 1.69. The van der Waals surface area contributed by atoms with Gasteiger partial charge in [-0.25, -0.2) is 13.6 Å². The van der Waals surface area contributed by atoms with Gasteiger partial charge in [-0.15, -0.1) is 0 Å². The van der Waals surface area contributed by atoms with E-state index in [4.69, 9.17) is 9.84 Å². The van der Waals surface area contributed by atoms with Crippen LogP contribution < -0.4 is 10.1 Å². The Morgan fingerprint density at radius 1 is 1.35 bits per heavy atom. The number of amides is 1. The molecular weight excluding hydrogens is 272 g/mol. The van der Waals surface area contributed by atoms with Gasteiger partial charge in [-0.3, -0.25) is 4.79 Å². The molecule has 1 unspecified atom stereocenters. The van der Waals surface area contributed by atoms with Gasteiger partial charge in [0.2, 0.25) is 5.91 Å². The van der Waals surface area contributed by atoms with Crippen molar-refractivity contribution < 1.29 is 28.2 Å². The van der Waals surface area contributed by atoms with Crippen molar-refractivity contribution in [1.29, 1.82) is 0 Å². The lowest BCUT2D eigenvalue weighted by Crippen LogP contribution is -2.26. The van der Waals surface area contributed by atoms with E-state index in [1.807, 2.05) is 0 Å². The summed E-state index contributed by atoms with van der Waals surface area (Å²) in [4.78, 5) is 22.0. The largest absolute Gasteiger partial charge is 0.482 e. The summed E-state index contributed by atoms with van der Waals surface area (Å²) < 4.78 is 31.0. The van der Waals surface area contributed by atoms with Crippen molar-refractivity contribution in [3.8, 4) is 5.75 Å². The van der Waals surface area contributed by atoms with Crippen molar-refractivity contribution in [2.75, 3.05) is 11.9 Å². The SMILES string of the molecule is CC1(C(=O)Nc2ccc(OCC(=O)O)cc2)CC1(F)F. The summed E-state index contributed by atoms with van der Waals surface area (Å²) in [6.07, 6.45) is -0.453. The van der Waals surface area contributed by atoms with Gasteiger partial charge >= 0.3 is 5.97 Å². The number of ether oxygens (including phenoxy) is 1. The maximum atomic E-state index is 13.0. The number of hydrogen-bond acceptors (Lipinski definition) is 3. The van der Waals surface area contributed by atoms with Crippen LogP contribution in [0.3, 0.4) is 0 Å². The fourth-order valence-corrected chi connectivity index (χ4v) is 1.69. The van der Waals surface area contributed by atoms with E-state index in [9.17, 15) is 18.4 Å². The van der Waals surface area contributed by atoms with Crippen molar-refractivity contribution in [2.45, 2.75) is 19.3 Å². The number of carboxylic acid groups (broad SMARTS) is 1. The minimum absolute atomic E-state index is 0.313. The van der Waals surface area contributed by atoms with Crippen LogP contribution in [0, 0.1) is 5.41 Å². The molecule has 0 aromatic heterocycles. The summed E-state index contributed by atoms with van der Waals surface area (Å²) in [5, 5.41) is 10.8. The molecule has 1 saturated carbocycles. The molecule has 0 bridgehead atoms. The van der Waals surface area contributed by atoms with Gasteiger partial charge in [0, 0.05) is 12.1 Å². The second kappa shape index (κ2) is 4.73. The first-order chi connectivity index (χ1) is 9.24. The highest BCUT2D eigenvalue weighted by atomic mass is 19.3. The summed E-state index contributed by atoms with van der Waals surface area (Å²) in [7, 11) is 0. The molecule has 0 saturated heterocycles. The second-order valence-electron chi connectivity index (χ2n) is 4.87. The van der Waals surface area contributed by atoms with Gasteiger partial charge in [-0.2, -0.15) is 0 Å². The summed E-state index contributed by atoms with van der Waals surface area (Å²) in [6.45, 7) is 0.739. The van der Waals surface area contributed by atoms with E-state index >= 15 is 0 Å². The lowest BCUT2D eigenvalue weighted by atomic mass is 10.1. The number of benzene rings is 1. The molecule has 1 aromatic carbocycles. The smallest absolute Gasteiger partial charge is 0.341 e. The number of carbonyl (C=O) groups is 2. The number of rotatable bonds is 5. The Kier molecular flexibility index (Phi) is 3.37. The molecule has 1 amide bonds. The topological polar surface area (TPSA) is 75.6 Å². The van der Waals surface area contributed by atoms with Gasteiger partial charge in [0.25, 0.3) is 5.92 Å². The van der Waals surface area contributed by atoms with Crippen molar-refractivity contribution in [2.24, 2.45) is 5.41 Å². The van der Waals surface area contributed by atoms with Crippen LogP contribution in [-0.2, 0) is 9.59 Å². The Bertz CT molecular complexity index is 544. The monoisotopic (exact) mass is 285 g/mol. The third-order valence-corrected chi connectivity index (χ3v) is 3.23. The highest BCUT2D eigenvalue weighted by molar-refractivity contribution is 5.98. The molecule has 0 heterocycles. The third kappa shape index (κ3) is 2.71. The first-order valence-electron chi connectivity index (χ1n) is 5.88.